The standard InChI is InChI=1S/C28H33N3O/c1-3-18-30(2)19-8-4-5-10-22-15-16-27-24(21-22)17-20-31(27)28(32)29-26-14-9-12-23-11-6-7-13-25(23)26/h3,6-7,9,11-16,21H,1,4-5,8,10,17-20H2,2H3,(H,29,32). The van der Waals surface area contributed by atoms with Crippen LogP contribution in [0.1, 0.15) is 30.4 Å². The van der Waals surface area contributed by atoms with E-state index >= 15 is 0 Å². The Bertz CT molecular complexity index is 1090. The molecule has 0 atom stereocenters. The van der Waals surface area contributed by atoms with Gasteiger partial charge in [-0.1, -0.05) is 61.0 Å². The van der Waals surface area contributed by atoms with E-state index in [9.17, 15) is 4.79 Å². The maximum atomic E-state index is 13.1. The van der Waals surface area contributed by atoms with Crippen LogP contribution in [0.3, 0.4) is 0 Å². The Kier molecular flexibility index (Phi) is 7.23. The van der Waals surface area contributed by atoms with Crippen LogP contribution in [0.15, 0.2) is 73.3 Å². The quantitative estimate of drug-likeness (QED) is 0.323. The number of fused-ring (bicyclic) bond motifs is 2. The average molecular weight is 428 g/mol. The van der Waals surface area contributed by atoms with Gasteiger partial charge in [-0.15, -0.1) is 6.58 Å². The van der Waals surface area contributed by atoms with Gasteiger partial charge in [-0.05, 0) is 67.9 Å². The zero-order valence-corrected chi connectivity index (χ0v) is 19.0. The number of hydrogen-bond donors (Lipinski definition) is 1. The molecule has 1 N–H and O–H groups in total. The lowest BCUT2D eigenvalue weighted by atomic mass is 10.0. The Hall–Kier alpha value is -3.11. The van der Waals surface area contributed by atoms with Gasteiger partial charge in [-0.3, -0.25) is 4.90 Å². The number of carbonyl (C=O) groups is 1. The first-order chi connectivity index (χ1) is 15.7. The van der Waals surface area contributed by atoms with Crippen LogP contribution in [0, 0.1) is 0 Å². The van der Waals surface area contributed by atoms with Crippen molar-refractivity contribution in [1.82, 2.24) is 4.90 Å². The SMILES string of the molecule is C=CCN(C)CCCCCc1ccc2c(c1)CCN2C(=O)Nc1cccc2ccccc12. The number of unbranched alkanes of at least 4 members (excludes halogenated alkanes) is 2. The Labute approximate surface area is 191 Å². The summed E-state index contributed by atoms with van der Waals surface area (Å²) in [5.74, 6) is 0. The number of anilines is 2. The molecule has 0 spiro atoms. The van der Waals surface area contributed by atoms with E-state index in [1.807, 2.05) is 41.3 Å². The summed E-state index contributed by atoms with van der Waals surface area (Å²) < 4.78 is 0. The lowest BCUT2D eigenvalue weighted by molar-refractivity contribution is 0.257. The van der Waals surface area contributed by atoms with Gasteiger partial charge >= 0.3 is 6.03 Å². The molecule has 0 aromatic heterocycles. The number of benzene rings is 3. The van der Waals surface area contributed by atoms with Crippen LogP contribution in [-0.2, 0) is 12.8 Å². The normalized spacial score (nSPS) is 12.9. The summed E-state index contributed by atoms with van der Waals surface area (Å²) >= 11 is 0. The van der Waals surface area contributed by atoms with Crippen LogP contribution >= 0.6 is 0 Å². The van der Waals surface area contributed by atoms with Crippen LogP contribution in [0.2, 0.25) is 0 Å². The Morgan fingerprint density at radius 3 is 2.81 bits per heavy atom. The molecule has 0 fully saturated rings. The van der Waals surface area contributed by atoms with Gasteiger partial charge in [0.1, 0.15) is 0 Å². The minimum atomic E-state index is -0.0588. The molecule has 0 saturated heterocycles. The van der Waals surface area contributed by atoms with Crippen molar-refractivity contribution in [2.24, 2.45) is 0 Å². The van der Waals surface area contributed by atoms with Crippen molar-refractivity contribution in [1.29, 1.82) is 0 Å². The molecule has 0 unspecified atom stereocenters. The number of hydrogen-bond acceptors (Lipinski definition) is 2. The number of amides is 2. The third-order valence-corrected chi connectivity index (χ3v) is 6.26. The molecule has 0 aliphatic carbocycles. The van der Waals surface area contributed by atoms with Crippen molar-refractivity contribution < 1.29 is 4.79 Å². The van der Waals surface area contributed by atoms with Crippen LogP contribution in [0.5, 0.6) is 0 Å². The lowest BCUT2D eigenvalue weighted by Crippen LogP contribution is -2.33. The second-order valence-electron chi connectivity index (χ2n) is 8.68. The fourth-order valence-corrected chi connectivity index (χ4v) is 4.54. The lowest BCUT2D eigenvalue weighted by Gasteiger charge is -2.19. The van der Waals surface area contributed by atoms with Crippen molar-refractivity contribution in [2.75, 3.05) is 36.9 Å². The Morgan fingerprint density at radius 2 is 1.94 bits per heavy atom. The maximum absolute atomic E-state index is 13.1. The molecule has 3 aromatic rings. The van der Waals surface area contributed by atoms with E-state index < -0.39 is 0 Å². The van der Waals surface area contributed by atoms with E-state index in [1.54, 1.807) is 0 Å². The van der Waals surface area contributed by atoms with E-state index in [0.717, 1.165) is 54.6 Å². The number of likely N-dealkylation sites (N-methyl/N-ethyl adjacent to an activating group) is 1. The monoisotopic (exact) mass is 427 g/mol. The number of rotatable bonds is 9. The fraction of sp³-hybridized carbons (Fsp3) is 0.321. The highest BCUT2D eigenvalue weighted by Gasteiger charge is 2.25. The molecule has 4 nitrogen and oxygen atoms in total. The van der Waals surface area contributed by atoms with Crippen LogP contribution in [-0.4, -0.2) is 37.6 Å². The number of aryl methyl sites for hydroxylation is 1. The van der Waals surface area contributed by atoms with Gasteiger partial charge in [-0.25, -0.2) is 4.79 Å². The van der Waals surface area contributed by atoms with E-state index in [2.05, 4.69) is 54.2 Å². The second kappa shape index (κ2) is 10.5. The molecular formula is C28H33N3O. The maximum Gasteiger partial charge on any atom is 0.326 e. The first-order valence-electron chi connectivity index (χ1n) is 11.6. The van der Waals surface area contributed by atoms with E-state index in [4.69, 9.17) is 0 Å². The molecule has 0 saturated carbocycles. The zero-order chi connectivity index (χ0) is 22.3. The van der Waals surface area contributed by atoms with Crippen LogP contribution in [0.4, 0.5) is 16.2 Å². The average Bonchev–Trinajstić information content (AvgIpc) is 3.23. The zero-order valence-electron chi connectivity index (χ0n) is 19.0. The number of carbonyl (C=O) groups excluding carboxylic acids is 1. The molecule has 0 radical (unpaired) electrons. The van der Waals surface area contributed by atoms with Crippen LogP contribution in [0.25, 0.3) is 10.8 Å². The molecule has 1 aliphatic rings. The van der Waals surface area contributed by atoms with Gasteiger partial charge in [0.25, 0.3) is 0 Å². The topological polar surface area (TPSA) is 35.6 Å². The minimum absolute atomic E-state index is 0.0588. The molecule has 2 amide bonds. The molecule has 166 valence electrons. The largest absolute Gasteiger partial charge is 0.326 e. The summed E-state index contributed by atoms with van der Waals surface area (Å²) in [4.78, 5) is 17.2. The van der Waals surface area contributed by atoms with Crippen LogP contribution < -0.4 is 10.2 Å². The van der Waals surface area contributed by atoms with Crippen molar-refractivity contribution in [2.45, 2.75) is 32.1 Å². The van der Waals surface area contributed by atoms with E-state index in [-0.39, 0.29) is 6.03 Å². The first kappa shape index (κ1) is 22.1. The van der Waals surface area contributed by atoms with Crippen molar-refractivity contribution in [3.05, 3.63) is 84.4 Å². The van der Waals surface area contributed by atoms with Gasteiger partial charge in [0, 0.05) is 24.2 Å². The summed E-state index contributed by atoms with van der Waals surface area (Å²) in [7, 11) is 2.14. The van der Waals surface area contributed by atoms with Crippen molar-refractivity contribution in [3.63, 3.8) is 0 Å². The van der Waals surface area contributed by atoms with Gasteiger partial charge in [-0.2, -0.15) is 0 Å². The molecule has 1 heterocycles. The third kappa shape index (κ3) is 5.20. The molecule has 0 bridgehead atoms. The number of urea groups is 1. The fourth-order valence-electron chi connectivity index (χ4n) is 4.54. The summed E-state index contributed by atoms with van der Waals surface area (Å²) in [6.07, 6.45) is 7.62. The van der Waals surface area contributed by atoms with E-state index in [1.165, 1.54) is 30.4 Å². The third-order valence-electron chi connectivity index (χ3n) is 6.26. The minimum Gasteiger partial charge on any atom is -0.307 e. The highest BCUT2D eigenvalue weighted by molar-refractivity contribution is 6.08. The van der Waals surface area contributed by atoms with Gasteiger partial charge < -0.3 is 10.2 Å². The highest BCUT2D eigenvalue weighted by Crippen LogP contribution is 2.31. The molecule has 4 heteroatoms. The summed E-state index contributed by atoms with van der Waals surface area (Å²) in [6, 6.07) is 20.7. The van der Waals surface area contributed by atoms with Gasteiger partial charge in [0.05, 0.1) is 5.69 Å². The Balaban J connectivity index is 1.34. The molecular weight excluding hydrogens is 394 g/mol. The summed E-state index contributed by atoms with van der Waals surface area (Å²) in [6.45, 7) is 6.60. The summed E-state index contributed by atoms with van der Waals surface area (Å²) in [5, 5.41) is 5.32. The second-order valence-corrected chi connectivity index (χ2v) is 8.68. The van der Waals surface area contributed by atoms with Gasteiger partial charge in [0.15, 0.2) is 0 Å². The van der Waals surface area contributed by atoms with Gasteiger partial charge in [0.2, 0.25) is 0 Å². The number of nitrogens with one attached hydrogen (secondary N) is 1. The predicted octanol–water partition coefficient (Wildman–Crippen LogP) is 6.27. The first-order valence-corrected chi connectivity index (χ1v) is 11.6. The van der Waals surface area contributed by atoms with Crippen molar-refractivity contribution >= 4 is 28.2 Å². The molecule has 1 aliphatic heterocycles. The molecule has 4 rings (SSSR count). The number of nitrogens with zero attached hydrogens (tertiary/aromatic N) is 2. The van der Waals surface area contributed by atoms with E-state index in [0.29, 0.717) is 0 Å². The molecule has 3 aromatic carbocycles. The Morgan fingerprint density at radius 1 is 1.09 bits per heavy atom. The molecule has 32 heavy (non-hydrogen) atoms. The predicted molar refractivity (Wildman–Crippen MR) is 136 cm³/mol. The smallest absolute Gasteiger partial charge is 0.307 e. The summed E-state index contributed by atoms with van der Waals surface area (Å²) in [5.41, 5.74) is 4.55. The highest BCUT2D eigenvalue weighted by atomic mass is 16.2. The van der Waals surface area contributed by atoms with Crippen molar-refractivity contribution in [3.8, 4) is 0 Å².